The summed E-state index contributed by atoms with van der Waals surface area (Å²) in [6, 6.07) is 0. The summed E-state index contributed by atoms with van der Waals surface area (Å²) in [7, 11) is -3.07. The van der Waals surface area contributed by atoms with E-state index in [2.05, 4.69) is 10.3 Å². The third kappa shape index (κ3) is 3.13. The van der Waals surface area contributed by atoms with Crippen molar-refractivity contribution < 1.29 is 18.3 Å². The Bertz CT molecular complexity index is 436. The molecule has 0 atom stereocenters. The van der Waals surface area contributed by atoms with E-state index in [0.717, 1.165) is 6.26 Å². The molecular weight excluding hydrogens is 210 g/mol. The van der Waals surface area contributed by atoms with Gasteiger partial charge in [-0.1, -0.05) is 5.21 Å². The molecule has 78 valence electrons. The normalized spacial score (nSPS) is 11.5. The van der Waals surface area contributed by atoms with Gasteiger partial charge in [0.2, 0.25) is 0 Å². The van der Waals surface area contributed by atoms with Gasteiger partial charge >= 0.3 is 5.97 Å². The second-order valence-electron chi connectivity index (χ2n) is 2.80. The van der Waals surface area contributed by atoms with Crippen molar-refractivity contribution in [3.8, 4) is 0 Å². The highest BCUT2D eigenvalue weighted by molar-refractivity contribution is 7.90. The lowest BCUT2D eigenvalue weighted by atomic mass is 10.5. The van der Waals surface area contributed by atoms with Gasteiger partial charge in [0.25, 0.3) is 0 Å². The van der Waals surface area contributed by atoms with Crippen LogP contribution in [0.2, 0.25) is 0 Å². The van der Waals surface area contributed by atoms with Crippen molar-refractivity contribution in [3.63, 3.8) is 0 Å². The number of hydrogen-bond acceptors (Lipinski definition) is 5. The number of rotatable bonds is 4. The van der Waals surface area contributed by atoms with Crippen LogP contribution in [0, 0.1) is 0 Å². The molecule has 0 aromatic carbocycles. The average molecular weight is 219 g/mol. The molecule has 0 amide bonds. The van der Waals surface area contributed by atoms with Gasteiger partial charge in [-0.2, -0.15) is 0 Å². The minimum absolute atomic E-state index is 0.0879. The quantitative estimate of drug-likeness (QED) is 0.698. The van der Waals surface area contributed by atoms with E-state index in [-0.39, 0.29) is 18.0 Å². The van der Waals surface area contributed by atoms with Crippen LogP contribution in [0.1, 0.15) is 10.5 Å². The first-order valence-corrected chi connectivity index (χ1v) is 5.76. The molecule has 0 bridgehead atoms. The molecule has 1 aromatic rings. The molecule has 0 unspecified atom stereocenters. The first kappa shape index (κ1) is 10.6. The summed E-state index contributed by atoms with van der Waals surface area (Å²) in [5.74, 6) is -1.27. The highest BCUT2D eigenvalue weighted by Crippen LogP contribution is 1.94. The fourth-order valence-corrected chi connectivity index (χ4v) is 1.28. The van der Waals surface area contributed by atoms with Crippen molar-refractivity contribution in [2.45, 2.75) is 6.54 Å². The molecule has 0 aliphatic carbocycles. The lowest BCUT2D eigenvalue weighted by molar-refractivity contribution is 0.0690. The summed E-state index contributed by atoms with van der Waals surface area (Å²) in [4.78, 5) is 10.4. The molecule has 0 radical (unpaired) electrons. The lowest BCUT2D eigenvalue weighted by Gasteiger charge is -1.96. The predicted molar refractivity (Wildman–Crippen MR) is 46.7 cm³/mol. The molecule has 1 rings (SSSR count). The highest BCUT2D eigenvalue weighted by Gasteiger charge is 2.09. The van der Waals surface area contributed by atoms with Gasteiger partial charge in [0, 0.05) is 6.26 Å². The molecule has 14 heavy (non-hydrogen) atoms. The number of sulfone groups is 1. The Morgan fingerprint density at radius 3 is 2.71 bits per heavy atom. The second-order valence-corrected chi connectivity index (χ2v) is 5.06. The maximum atomic E-state index is 10.8. The Kier molecular flexibility index (Phi) is 2.84. The number of nitrogens with zero attached hydrogens (tertiary/aromatic N) is 3. The number of aromatic carboxylic acids is 1. The molecule has 7 nitrogen and oxygen atoms in total. The molecular formula is C6H9N3O4S. The first-order chi connectivity index (χ1) is 6.38. The largest absolute Gasteiger partial charge is 0.476 e. The zero-order valence-electron chi connectivity index (χ0n) is 7.41. The zero-order valence-corrected chi connectivity index (χ0v) is 8.23. The van der Waals surface area contributed by atoms with Gasteiger partial charge in [-0.3, -0.25) is 4.68 Å². The third-order valence-corrected chi connectivity index (χ3v) is 2.37. The Morgan fingerprint density at radius 2 is 2.29 bits per heavy atom. The lowest BCUT2D eigenvalue weighted by Crippen LogP contribution is -2.11. The number of hydrogen-bond donors (Lipinski definition) is 1. The van der Waals surface area contributed by atoms with Gasteiger partial charge in [-0.15, -0.1) is 5.10 Å². The van der Waals surface area contributed by atoms with Gasteiger partial charge in [-0.25, -0.2) is 13.2 Å². The molecule has 0 spiro atoms. The van der Waals surface area contributed by atoms with Crippen molar-refractivity contribution in [3.05, 3.63) is 11.9 Å². The van der Waals surface area contributed by atoms with Gasteiger partial charge in [0.1, 0.15) is 9.84 Å². The molecule has 0 saturated heterocycles. The predicted octanol–water partition coefficient (Wildman–Crippen LogP) is -0.979. The van der Waals surface area contributed by atoms with Crippen LogP contribution in [0.3, 0.4) is 0 Å². The first-order valence-electron chi connectivity index (χ1n) is 3.69. The van der Waals surface area contributed by atoms with Gasteiger partial charge in [0.15, 0.2) is 5.69 Å². The van der Waals surface area contributed by atoms with Gasteiger partial charge in [0.05, 0.1) is 18.5 Å². The molecule has 1 aromatic heterocycles. The van der Waals surface area contributed by atoms with E-state index in [1.807, 2.05) is 0 Å². The van der Waals surface area contributed by atoms with E-state index in [9.17, 15) is 13.2 Å². The number of aromatic nitrogens is 3. The van der Waals surface area contributed by atoms with Crippen molar-refractivity contribution in [2.24, 2.45) is 0 Å². The zero-order chi connectivity index (χ0) is 10.8. The summed E-state index contributed by atoms with van der Waals surface area (Å²) in [5.41, 5.74) is -0.196. The SMILES string of the molecule is CS(=O)(=O)CCn1cc(C(=O)O)nn1. The second kappa shape index (κ2) is 3.74. The van der Waals surface area contributed by atoms with Crippen LogP contribution < -0.4 is 0 Å². The van der Waals surface area contributed by atoms with Crippen LogP contribution in [0.5, 0.6) is 0 Å². The Balaban J connectivity index is 2.65. The summed E-state index contributed by atoms with van der Waals surface area (Å²) < 4.78 is 22.7. The minimum atomic E-state index is -3.07. The molecule has 0 fully saturated rings. The number of carbonyl (C=O) groups is 1. The van der Waals surface area contributed by atoms with E-state index in [0.29, 0.717) is 0 Å². The number of carboxylic acids is 1. The van der Waals surface area contributed by atoms with Crippen LogP contribution in [0.25, 0.3) is 0 Å². The Morgan fingerprint density at radius 1 is 1.64 bits per heavy atom. The summed E-state index contributed by atoms with van der Waals surface area (Å²) in [5, 5.41) is 15.3. The maximum Gasteiger partial charge on any atom is 0.358 e. The smallest absolute Gasteiger partial charge is 0.358 e. The molecule has 0 saturated carbocycles. The standard InChI is InChI=1S/C6H9N3O4S/c1-14(12,13)3-2-9-4-5(6(10)11)7-8-9/h4H,2-3H2,1H3,(H,10,11). The van der Waals surface area contributed by atoms with Crippen LogP contribution in [-0.2, 0) is 16.4 Å². The molecule has 8 heteroatoms. The van der Waals surface area contributed by atoms with Crippen molar-refractivity contribution in [1.82, 2.24) is 15.0 Å². The Hall–Kier alpha value is -1.44. The topological polar surface area (TPSA) is 102 Å². The maximum absolute atomic E-state index is 10.8. The van der Waals surface area contributed by atoms with E-state index < -0.39 is 15.8 Å². The van der Waals surface area contributed by atoms with E-state index >= 15 is 0 Å². The number of carboxylic acid groups (broad SMARTS) is 1. The number of aryl methyl sites for hydroxylation is 1. The summed E-state index contributed by atoms with van der Waals surface area (Å²) in [6.45, 7) is 0.110. The molecule has 1 heterocycles. The fraction of sp³-hybridized carbons (Fsp3) is 0.500. The van der Waals surface area contributed by atoms with Gasteiger partial charge in [-0.05, 0) is 0 Å². The minimum Gasteiger partial charge on any atom is -0.476 e. The van der Waals surface area contributed by atoms with Crippen LogP contribution in [0.15, 0.2) is 6.20 Å². The molecule has 0 aliphatic rings. The van der Waals surface area contributed by atoms with Crippen LogP contribution in [-0.4, -0.2) is 46.5 Å². The molecule has 0 aliphatic heterocycles. The van der Waals surface area contributed by atoms with E-state index in [1.165, 1.54) is 10.9 Å². The van der Waals surface area contributed by atoms with Crippen LogP contribution >= 0.6 is 0 Å². The Labute approximate surface area is 80.3 Å². The highest BCUT2D eigenvalue weighted by atomic mass is 32.2. The van der Waals surface area contributed by atoms with Crippen LogP contribution in [0.4, 0.5) is 0 Å². The fourth-order valence-electron chi connectivity index (χ4n) is 0.765. The summed E-state index contributed by atoms with van der Waals surface area (Å²) in [6.07, 6.45) is 2.29. The van der Waals surface area contributed by atoms with Crippen molar-refractivity contribution in [2.75, 3.05) is 12.0 Å². The van der Waals surface area contributed by atoms with E-state index in [4.69, 9.17) is 5.11 Å². The molecule has 1 N–H and O–H groups in total. The monoisotopic (exact) mass is 219 g/mol. The van der Waals surface area contributed by atoms with Gasteiger partial charge < -0.3 is 5.11 Å². The average Bonchev–Trinajstić information content (AvgIpc) is 2.47. The van der Waals surface area contributed by atoms with Crippen molar-refractivity contribution >= 4 is 15.8 Å². The van der Waals surface area contributed by atoms with Crippen molar-refractivity contribution in [1.29, 1.82) is 0 Å². The third-order valence-electron chi connectivity index (χ3n) is 1.45. The van der Waals surface area contributed by atoms with E-state index in [1.54, 1.807) is 0 Å². The summed E-state index contributed by atoms with van der Waals surface area (Å²) >= 11 is 0.